The van der Waals surface area contributed by atoms with Gasteiger partial charge in [-0.05, 0) is 0 Å². The van der Waals surface area contributed by atoms with Crippen molar-refractivity contribution in [2.45, 2.75) is 38.5 Å². The summed E-state index contributed by atoms with van der Waals surface area (Å²) in [5.74, 6) is 0. The standard InChI is InChI=1S/C30H36N3Te/c1-2-20-31(19-1)25-7-13-28(14-8-25)34(29-15-9-26(10-16-29)32-21-3-4-22-32)30-17-11-27(12-18-30)33-23-5-6-24-33/h7-18H,1-6,19-24H2/q+1. The summed E-state index contributed by atoms with van der Waals surface area (Å²) in [4.78, 5) is 7.62. The Morgan fingerprint density at radius 1 is 0.353 bits per heavy atom. The zero-order chi connectivity index (χ0) is 22.7. The summed E-state index contributed by atoms with van der Waals surface area (Å²) in [7, 11) is 0. The predicted octanol–water partition coefficient (Wildman–Crippen LogP) is 4.00. The molecule has 3 heterocycles. The summed E-state index contributed by atoms with van der Waals surface area (Å²) in [6.07, 6.45) is 7.96. The third kappa shape index (κ3) is 4.68. The molecule has 6 rings (SSSR count). The summed E-state index contributed by atoms with van der Waals surface area (Å²) >= 11 is -1.93. The van der Waals surface area contributed by atoms with Crippen LogP contribution in [-0.4, -0.2) is 58.8 Å². The van der Waals surface area contributed by atoms with Crippen molar-refractivity contribution in [3.63, 3.8) is 0 Å². The molecule has 4 heteroatoms. The number of benzene rings is 3. The molecule has 0 atom stereocenters. The average molecular weight is 566 g/mol. The van der Waals surface area contributed by atoms with Gasteiger partial charge in [-0.1, -0.05) is 0 Å². The van der Waals surface area contributed by atoms with Gasteiger partial charge in [0.1, 0.15) is 0 Å². The van der Waals surface area contributed by atoms with Crippen molar-refractivity contribution in [1.29, 1.82) is 0 Å². The van der Waals surface area contributed by atoms with Crippen molar-refractivity contribution in [3.05, 3.63) is 72.8 Å². The van der Waals surface area contributed by atoms with Crippen molar-refractivity contribution < 1.29 is 0 Å². The van der Waals surface area contributed by atoms with Gasteiger partial charge in [0.2, 0.25) is 0 Å². The molecule has 3 aromatic carbocycles. The molecule has 34 heavy (non-hydrogen) atoms. The van der Waals surface area contributed by atoms with Crippen LogP contribution in [0.4, 0.5) is 17.1 Å². The molecular formula is C30H36N3Te+. The monoisotopic (exact) mass is 568 g/mol. The van der Waals surface area contributed by atoms with Gasteiger partial charge in [-0.2, -0.15) is 0 Å². The molecule has 0 N–H and O–H groups in total. The minimum absolute atomic E-state index is 1.21. The van der Waals surface area contributed by atoms with E-state index in [2.05, 4.69) is 87.5 Å². The van der Waals surface area contributed by atoms with Crippen LogP contribution >= 0.6 is 0 Å². The van der Waals surface area contributed by atoms with Gasteiger partial charge < -0.3 is 0 Å². The molecule has 3 aliphatic heterocycles. The van der Waals surface area contributed by atoms with Gasteiger partial charge in [-0.3, -0.25) is 0 Å². The second-order valence-electron chi connectivity index (χ2n) is 9.87. The molecule has 176 valence electrons. The van der Waals surface area contributed by atoms with E-state index in [-0.39, 0.29) is 0 Å². The first-order valence-electron chi connectivity index (χ1n) is 13.1. The molecule has 3 fully saturated rings. The van der Waals surface area contributed by atoms with Crippen molar-refractivity contribution >= 4 is 47.4 Å². The Morgan fingerprint density at radius 3 is 0.824 bits per heavy atom. The van der Waals surface area contributed by atoms with E-state index in [4.69, 9.17) is 0 Å². The summed E-state index contributed by atoms with van der Waals surface area (Å²) in [5, 5.41) is 0. The third-order valence-corrected chi connectivity index (χ3v) is 14.0. The van der Waals surface area contributed by atoms with Gasteiger partial charge in [0, 0.05) is 0 Å². The SMILES string of the molecule is c1cc([Te+](c2ccc(N3CCCC3)cc2)c2ccc(N3CCCC3)cc2)ccc1N1CCCC1. The number of rotatable bonds is 6. The summed E-state index contributed by atoms with van der Waals surface area (Å²) < 4.78 is 4.65. The van der Waals surface area contributed by atoms with E-state index in [1.807, 2.05) is 0 Å². The quantitative estimate of drug-likeness (QED) is 0.418. The van der Waals surface area contributed by atoms with Crippen molar-refractivity contribution in [2.24, 2.45) is 0 Å². The van der Waals surface area contributed by atoms with Gasteiger partial charge in [-0.25, -0.2) is 0 Å². The maximum absolute atomic E-state index is 2.54. The molecule has 0 spiro atoms. The fraction of sp³-hybridized carbons (Fsp3) is 0.400. The molecule has 0 radical (unpaired) electrons. The number of hydrogen-bond donors (Lipinski definition) is 0. The van der Waals surface area contributed by atoms with Gasteiger partial charge >= 0.3 is 213 Å². The van der Waals surface area contributed by atoms with E-state index < -0.39 is 19.6 Å². The van der Waals surface area contributed by atoms with Gasteiger partial charge in [0.15, 0.2) is 0 Å². The minimum atomic E-state index is -1.93. The first kappa shape index (κ1) is 22.3. The van der Waals surface area contributed by atoms with Crippen molar-refractivity contribution in [1.82, 2.24) is 0 Å². The van der Waals surface area contributed by atoms with Crippen LogP contribution < -0.4 is 25.5 Å². The fourth-order valence-corrected chi connectivity index (χ4v) is 11.5. The van der Waals surface area contributed by atoms with Crippen LogP contribution in [0.1, 0.15) is 38.5 Å². The number of anilines is 3. The molecule has 0 aliphatic carbocycles. The Labute approximate surface area is 212 Å². The zero-order valence-electron chi connectivity index (χ0n) is 20.2. The molecule has 3 nitrogen and oxygen atoms in total. The first-order chi connectivity index (χ1) is 16.8. The normalized spacial score (nSPS) is 18.4. The molecular weight excluding hydrogens is 530 g/mol. The molecule has 0 amide bonds. The van der Waals surface area contributed by atoms with E-state index >= 15 is 0 Å². The van der Waals surface area contributed by atoms with Crippen LogP contribution in [0.15, 0.2) is 72.8 Å². The first-order valence-corrected chi connectivity index (χ1v) is 16.6. The Balaban J connectivity index is 1.32. The number of hydrogen-bond acceptors (Lipinski definition) is 3. The van der Waals surface area contributed by atoms with Gasteiger partial charge in [0.05, 0.1) is 0 Å². The van der Waals surface area contributed by atoms with Crippen molar-refractivity contribution in [2.75, 3.05) is 54.0 Å². The number of nitrogens with zero attached hydrogens (tertiary/aromatic N) is 3. The van der Waals surface area contributed by atoms with Crippen LogP contribution in [-0.2, 0) is 0 Å². The molecule has 0 bridgehead atoms. The van der Waals surface area contributed by atoms with Crippen molar-refractivity contribution in [3.8, 4) is 0 Å². The second-order valence-corrected chi connectivity index (χ2v) is 15.7. The van der Waals surface area contributed by atoms with Crippen LogP contribution in [0.3, 0.4) is 0 Å². The van der Waals surface area contributed by atoms with Crippen LogP contribution in [0.2, 0.25) is 0 Å². The van der Waals surface area contributed by atoms with Crippen LogP contribution in [0.25, 0.3) is 0 Å². The van der Waals surface area contributed by atoms with E-state index in [0.717, 1.165) is 0 Å². The zero-order valence-corrected chi connectivity index (χ0v) is 22.5. The van der Waals surface area contributed by atoms with Crippen LogP contribution in [0.5, 0.6) is 0 Å². The average Bonchev–Trinajstić information content (AvgIpc) is 3.69. The molecule has 3 saturated heterocycles. The molecule has 0 saturated carbocycles. The fourth-order valence-electron chi connectivity index (χ4n) is 5.71. The Kier molecular flexibility index (Phi) is 6.71. The molecule has 0 unspecified atom stereocenters. The van der Waals surface area contributed by atoms with Crippen LogP contribution in [0, 0.1) is 0 Å². The topological polar surface area (TPSA) is 9.72 Å². The Morgan fingerprint density at radius 2 is 0.588 bits per heavy atom. The van der Waals surface area contributed by atoms with E-state index in [1.165, 1.54) is 94.9 Å². The second kappa shape index (κ2) is 10.2. The third-order valence-electron chi connectivity index (χ3n) is 7.63. The van der Waals surface area contributed by atoms with Gasteiger partial charge in [-0.15, -0.1) is 0 Å². The maximum atomic E-state index is 2.54. The van der Waals surface area contributed by atoms with E-state index in [0.29, 0.717) is 0 Å². The molecule has 3 aliphatic rings. The summed E-state index contributed by atoms with van der Waals surface area (Å²) in [6, 6.07) is 28.9. The Bertz CT molecular complexity index is 918. The predicted molar refractivity (Wildman–Crippen MR) is 148 cm³/mol. The summed E-state index contributed by atoms with van der Waals surface area (Å²) in [5.41, 5.74) is 4.19. The van der Waals surface area contributed by atoms with Gasteiger partial charge in [0.25, 0.3) is 0 Å². The van der Waals surface area contributed by atoms with E-state index in [1.54, 1.807) is 10.8 Å². The molecule has 0 aromatic heterocycles. The summed E-state index contributed by atoms with van der Waals surface area (Å²) in [6.45, 7) is 7.24. The molecule has 3 aromatic rings. The Hall–Kier alpha value is -2.15. The van der Waals surface area contributed by atoms with E-state index in [9.17, 15) is 0 Å².